The smallest absolute Gasteiger partial charge is 0.331 e. The molecule has 4 aromatic carbocycles. The van der Waals surface area contributed by atoms with Gasteiger partial charge in [-0.3, -0.25) is 0 Å². The van der Waals surface area contributed by atoms with Crippen LogP contribution >= 0.6 is 31.9 Å². The van der Waals surface area contributed by atoms with E-state index in [1.54, 1.807) is 12.1 Å². The Morgan fingerprint density at radius 1 is 0.412 bits per heavy atom. The number of hydrogen-bond donors (Lipinski definition) is 6. The number of H-pyrrole nitrogens is 2. The minimum atomic E-state index is -1.10. The Morgan fingerprint density at radius 3 is 1.10 bits per heavy atom. The summed E-state index contributed by atoms with van der Waals surface area (Å²) in [4.78, 5) is 69.6. The maximum Gasteiger partial charge on any atom is 0.331 e. The third-order valence-electron chi connectivity index (χ3n) is 13.8. The van der Waals surface area contributed by atoms with E-state index in [2.05, 4.69) is 41.8 Å². The molecule has 6 N–H and O–H groups in total. The Morgan fingerprint density at radius 2 is 0.735 bits per heavy atom. The van der Waals surface area contributed by atoms with E-state index in [9.17, 15) is 39.6 Å². The maximum atomic E-state index is 12.5. The van der Waals surface area contributed by atoms with Gasteiger partial charge in [-0.05, 0) is 126 Å². The van der Waals surface area contributed by atoms with Crippen LogP contribution in [0.5, 0.6) is 0 Å². The lowest BCUT2D eigenvalue weighted by atomic mass is 9.89. The Labute approximate surface area is 400 Å². The van der Waals surface area contributed by atoms with Crippen LogP contribution in [-0.4, -0.2) is 64.2 Å². The van der Waals surface area contributed by atoms with Crippen molar-refractivity contribution in [3.8, 4) is 44.5 Å². The number of hydrogen-bond acceptors (Lipinski definition) is 8. The number of rotatable bonds is 8. The molecule has 0 amide bonds. The van der Waals surface area contributed by atoms with Gasteiger partial charge in [-0.1, -0.05) is 60.7 Å². The van der Waals surface area contributed by atoms with Crippen LogP contribution in [0, 0.1) is 0 Å². The Balaban J connectivity index is 0.930. The summed E-state index contributed by atoms with van der Waals surface area (Å²) in [6.07, 6.45) is 7.80. The van der Waals surface area contributed by atoms with Crippen LogP contribution in [0.25, 0.3) is 90.9 Å². The third-order valence-corrected chi connectivity index (χ3v) is 15.5. The molecule has 0 saturated carbocycles. The van der Waals surface area contributed by atoms with Crippen LogP contribution in [0.3, 0.4) is 0 Å². The number of carboxylic acids is 4. The number of aliphatic carboxylic acids is 4. The molecule has 14 nitrogen and oxygen atoms in total. The largest absolute Gasteiger partial charge is 0.479 e. The SMILES string of the molecule is O=C(O)C1c2c(-c3ccc(-c4c5nc(c(Br)c6ccc([nH]6)c(-c6ccc(-c7ccc8c9c7C(C(=O)O)N8C9C(=O)O)cc6)c6nc(c(Br)c7ccc4[nH]7)C=C6)C=C5)cc3)ccc3c2C(C(=O)O)N31. The zero-order valence-electron chi connectivity index (χ0n) is 34.8. The van der Waals surface area contributed by atoms with E-state index < -0.39 is 48.0 Å². The Bertz CT molecular complexity index is 3540. The van der Waals surface area contributed by atoms with Gasteiger partial charge in [0.05, 0.1) is 42.8 Å². The molecule has 8 aliphatic heterocycles. The number of benzene rings is 4. The number of nitrogens with one attached hydrogen (secondary N) is 2. The van der Waals surface area contributed by atoms with Crippen LogP contribution < -0.4 is 9.80 Å². The first-order valence-electron chi connectivity index (χ1n) is 21.4. The summed E-state index contributed by atoms with van der Waals surface area (Å²) in [5, 5.41) is 40.2. The second-order valence-corrected chi connectivity index (χ2v) is 18.8. The lowest BCUT2D eigenvalue weighted by Gasteiger charge is -2.35. The predicted molar refractivity (Wildman–Crippen MR) is 262 cm³/mol. The first kappa shape index (κ1) is 40.2. The number of anilines is 2. The fourth-order valence-corrected chi connectivity index (χ4v) is 11.9. The van der Waals surface area contributed by atoms with Crippen molar-refractivity contribution in [2.24, 2.45) is 0 Å². The number of carboxylic acid groups (broad SMARTS) is 4. The van der Waals surface area contributed by atoms with Gasteiger partial charge in [0.2, 0.25) is 0 Å². The molecule has 0 aliphatic carbocycles. The van der Waals surface area contributed by atoms with E-state index in [4.69, 9.17) is 9.97 Å². The minimum Gasteiger partial charge on any atom is -0.479 e. The van der Waals surface area contributed by atoms with Crippen molar-refractivity contribution in [1.82, 2.24) is 19.9 Å². The van der Waals surface area contributed by atoms with E-state index >= 15 is 0 Å². The molecule has 11 heterocycles. The van der Waals surface area contributed by atoms with Crippen LogP contribution in [0.4, 0.5) is 11.4 Å². The number of fused-ring (bicyclic) bond motifs is 8. The van der Waals surface area contributed by atoms with Gasteiger partial charge in [-0.25, -0.2) is 29.1 Å². The highest BCUT2D eigenvalue weighted by molar-refractivity contribution is 9.11. The van der Waals surface area contributed by atoms with Gasteiger partial charge in [0.15, 0.2) is 24.2 Å². The minimum absolute atomic E-state index is 0.519. The van der Waals surface area contributed by atoms with Crippen LogP contribution in [0.1, 0.15) is 69.2 Å². The molecule has 0 spiro atoms. The number of aromatic amines is 2. The van der Waals surface area contributed by atoms with Gasteiger partial charge < -0.3 is 40.2 Å². The van der Waals surface area contributed by atoms with Gasteiger partial charge in [0.1, 0.15) is 0 Å². The normalized spacial score (nSPS) is 18.4. The number of nitrogens with zero attached hydrogens (tertiary/aromatic N) is 4. The topological polar surface area (TPSA) is 213 Å². The van der Waals surface area contributed by atoms with Gasteiger partial charge in [-0.15, -0.1) is 0 Å². The van der Waals surface area contributed by atoms with Gasteiger partial charge in [0, 0.05) is 55.8 Å². The first-order chi connectivity index (χ1) is 32.9. The Hall–Kier alpha value is -8.08. The highest BCUT2D eigenvalue weighted by Crippen LogP contribution is 2.62. The fourth-order valence-electron chi connectivity index (χ4n) is 11.0. The quantitative estimate of drug-likeness (QED) is 0.0839. The van der Waals surface area contributed by atoms with Gasteiger partial charge >= 0.3 is 23.9 Å². The molecule has 0 saturated heterocycles. The number of carbonyl (C=O) groups is 4. The molecule has 8 aliphatic rings. The first-order valence-corrected chi connectivity index (χ1v) is 23.0. The molecule has 0 fully saturated rings. The summed E-state index contributed by atoms with van der Waals surface area (Å²) < 4.78 is 1.44. The molecule has 4 unspecified atom stereocenters. The van der Waals surface area contributed by atoms with E-state index in [-0.39, 0.29) is 0 Å². The molecule has 16 bridgehead atoms. The van der Waals surface area contributed by atoms with Crippen molar-refractivity contribution in [2.75, 3.05) is 9.80 Å². The molecule has 4 atom stereocenters. The zero-order chi connectivity index (χ0) is 46.6. The van der Waals surface area contributed by atoms with E-state index in [0.717, 1.165) is 64.4 Å². The molecule has 3 aromatic heterocycles. The molecular weight excluding hydrogens is 996 g/mol. The summed E-state index contributed by atoms with van der Waals surface area (Å²) >= 11 is 7.69. The molecular formula is C52H30Br2N6O8. The fraction of sp³-hybridized carbons (Fsp3) is 0.0769. The van der Waals surface area contributed by atoms with Crippen molar-refractivity contribution >= 4 is 113 Å². The lowest BCUT2D eigenvalue weighted by Crippen LogP contribution is -2.39. The number of aromatic nitrogens is 4. The summed E-state index contributed by atoms with van der Waals surface area (Å²) in [5.41, 5.74) is 15.5. The highest BCUT2D eigenvalue weighted by atomic mass is 79.9. The zero-order valence-corrected chi connectivity index (χ0v) is 38.0. The van der Waals surface area contributed by atoms with Crippen LogP contribution in [0.15, 0.2) is 106 Å². The molecule has 0 radical (unpaired) electrons. The Kier molecular flexibility index (Phi) is 8.41. The lowest BCUT2D eigenvalue weighted by molar-refractivity contribution is -0.142. The average molecular weight is 1030 g/mol. The highest BCUT2D eigenvalue weighted by Gasteiger charge is 2.58. The third kappa shape index (κ3) is 5.43. The summed E-state index contributed by atoms with van der Waals surface area (Å²) in [5.74, 6) is -4.34. The number of halogens is 2. The predicted octanol–water partition coefficient (Wildman–Crippen LogP) is 11.0. The van der Waals surface area contributed by atoms with Crippen molar-refractivity contribution in [3.05, 3.63) is 151 Å². The van der Waals surface area contributed by atoms with Crippen LogP contribution in [-0.2, 0) is 19.2 Å². The maximum absolute atomic E-state index is 12.5. The van der Waals surface area contributed by atoms with Crippen molar-refractivity contribution in [2.45, 2.75) is 24.2 Å². The van der Waals surface area contributed by atoms with Gasteiger partial charge in [0.25, 0.3) is 0 Å². The van der Waals surface area contributed by atoms with Crippen molar-refractivity contribution in [3.63, 3.8) is 0 Å². The summed E-state index contributed by atoms with van der Waals surface area (Å²) in [7, 11) is 0. The molecule has 15 rings (SSSR count). The molecule has 16 heteroatoms. The van der Waals surface area contributed by atoms with E-state index in [0.29, 0.717) is 67.5 Å². The van der Waals surface area contributed by atoms with Crippen molar-refractivity contribution in [1.29, 1.82) is 0 Å². The standard InChI is InChI=1S/C52H30Br2N6O8/c53-43-31-15-11-27(55-31)37(23-5-1-21(2-6-23)25-9-19-35-41-39(25)45(49(61)62)59(35)47(41)51(65)66)28-12-16-32(56-28)44(54)34-18-14-30(58-34)38(29-13-17-33(43)57-29)24-7-3-22(4-8-24)26-10-20-36-42-40(26)46(50(63)64)60(36)48(42)52(67)68/h1-20,45-48,55,58H,(H,61,62)(H,63,64)(H,65,66)(H,67,68). The summed E-state index contributed by atoms with van der Waals surface area (Å²) in [6, 6.07) is 26.7. The molecule has 330 valence electrons. The van der Waals surface area contributed by atoms with Crippen molar-refractivity contribution < 1.29 is 39.6 Å². The van der Waals surface area contributed by atoms with Gasteiger partial charge in [-0.2, -0.15) is 0 Å². The second-order valence-electron chi connectivity index (χ2n) is 17.2. The second kappa shape index (κ2) is 14.2. The molecule has 68 heavy (non-hydrogen) atoms. The molecule has 7 aromatic rings. The summed E-state index contributed by atoms with van der Waals surface area (Å²) in [6.45, 7) is 0. The van der Waals surface area contributed by atoms with E-state index in [1.807, 2.05) is 109 Å². The monoisotopic (exact) mass is 1020 g/mol. The van der Waals surface area contributed by atoms with Crippen LogP contribution in [0.2, 0.25) is 0 Å². The average Bonchev–Trinajstić information content (AvgIpc) is 4.18. The van der Waals surface area contributed by atoms with E-state index in [1.165, 1.54) is 9.80 Å².